The van der Waals surface area contributed by atoms with Gasteiger partial charge in [-0.2, -0.15) is 5.26 Å². The molecule has 1 spiro atoms. The highest BCUT2D eigenvalue weighted by molar-refractivity contribution is 8.07. The number of nitrogens with one attached hydrogen (secondary N) is 1. The van der Waals surface area contributed by atoms with Crippen molar-refractivity contribution in [3.63, 3.8) is 0 Å². The van der Waals surface area contributed by atoms with Gasteiger partial charge in [0, 0.05) is 19.4 Å². The van der Waals surface area contributed by atoms with Gasteiger partial charge in [0.1, 0.15) is 17.8 Å². The van der Waals surface area contributed by atoms with E-state index in [9.17, 15) is 14.7 Å². The molecule has 2 aliphatic heterocycles. The van der Waals surface area contributed by atoms with Crippen LogP contribution in [0.4, 0.5) is 0 Å². The van der Waals surface area contributed by atoms with Crippen LogP contribution in [0.3, 0.4) is 0 Å². The van der Waals surface area contributed by atoms with Crippen molar-refractivity contribution in [3.8, 4) is 6.07 Å². The topological polar surface area (TPSA) is 145 Å². The van der Waals surface area contributed by atoms with E-state index in [0.717, 1.165) is 10.6 Å². The van der Waals surface area contributed by atoms with Crippen LogP contribution in [0.5, 0.6) is 0 Å². The smallest absolute Gasteiger partial charge is 0.330 e. The first-order valence-corrected chi connectivity index (χ1v) is 10.5. The van der Waals surface area contributed by atoms with E-state index in [4.69, 9.17) is 40.1 Å². The summed E-state index contributed by atoms with van der Waals surface area (Å²) in [5.41, 5.74) is -2.60. The zero-order valence-electron chi connectivity index (χ0n) is 14.3. The van der Waals surface area contributed by atoms with Gasteiger partial charge >= 0.3 is 12.4 Å². The molecule has 1 aromatic rings. The molecule has 11 nitrogen and oxygen atoms in total. The molecule has 3 heterocycles. The van der Waals surface area contributed by atoms with Crippen LogP contribution in [0, 0.1) is 11.3 Å². The van der Waals surface area contributed by atoms with Crippen molar-refractivity contribution >= 4 is 18.5 Å². The summed E-state index contributed by atoms with van der Waals surface area (Å²) in [6.07, 6.45) is -1.75. The molecular formula is C14H18N3O8PS. The lowest BCUT2D eigenvalue weighted by Crippen LogP contribution is -2.52. The van der Waals surface area contributed by atoms with E-state index in [1.807, 2.05) is 6.07 Å². The Morgan fingerprint density at radius 3 is 2.81 bits per heavy atom. The van der Waals surface area contributed by atoms with Gasteiger partial charge in [0.15, 0.2) is 6.23 Å². The average molecular weight is 419 g/mol. The molecule has 2 fully saturated rings. The normalized spacial score (nSPS) is 36.0. The Kier molecular flexibility index (Phi) is 5.95. The molecule has 1 aromatic heterocycles. The molecule has 0 bridgehead atoms. The summed E-state index contributed by atoms with van der Waals surface area (Å²) >= 11 is 5.21. The molecule has 0 saturated carbocycles. The first kappa shape index (κ1) is 20.3. The lowest BCUT2D eigenvalue weighted by molar-refractivity contribution is -0.161. The van der Waals surface area contributed by atoms with E-state index >= 15 is 0 Å². The van der Waals surface area contributed by atoms with Crippen LogP contribution in [-0.2, 0) is 34.9 Å². The Labute approximate surface area is 158 Å². The molecule has 2 N–H and O–H groups in total. The molecule has 148 valence electrons. The molecule has 13 heteroatoms. The van der Waals surface area contributed by atoms with Crippen LogP contribution in [0.15, 0.2) is 21.9 Å². The highest BCUT2D eigenvalue weighted by Crippen LogP contribution is 2.56. The van der Waals surface area contributed by atoms with Gasteiger partial charge in [-0.25, -0.2) is 4.79 Å². The zero-order chi connectivity index (χ0) is 19.7. The molecule has 0 radical (unpaired) electrons. The van der Waals surface area contributed by atoms with Crippen molar-refractivity contribution < 1.29 is 28.2 Å². The maximum atomic E-state index is 12.1. The predicted octanol–water partition coefficient (Wildman–Crippen LogP) is -0.618. The molecule has 2 aliphatic rings. The van der Waals surface area contributed by atoms with Crippen LogP contribution in [-0.4, -0.2) is 59.4 Å². The zero-order valence-corrected chi connectivity index (χ0v) is 16.0. The van der Waals surface area contributed by atoms with E-state index in [2.05, 4.69) is 4.98 Å². The van der Waals surface area contributed by atoms with E-state index in [-0.39, 0.29) is 26.2 Å². The van der Waals surface area contributed by atoms with E-state index in [1.54, 1.807) is 0 Å². The molecule has 0 amide bonds. The number of aromatic amines is 1. The van der Waals surface area contributed by atoms with Crippen molar-refractivity contribution in [1.29, 1.82) is 5.26 Å². The first-order valence-electron chi connectivity index (χ1n) is 7.95. The SMILES string of the molecule is COC1C(n2ccc(=O)[nH]c2=O)OC2(COP(=S)(OCCC#N)OC2)C1O. The van der Waals surface area contributed by atoms with Gasteiger partial charge < -0.3 is 28.2 Å². The predicted molar refractivity (Wildman–Crippen MR) is 93.4 cm³/mol. The number of aromatic nitrogens is 2. The molecule has 3 atom stereocenters. The summed E-state index contributed by atoms with van der Waals surface area (Å²) in [6.45, 7) is -3.27. The van der Waals surface area contributed by atoms with Crippen LogP contribution < -0.4 is 11.2 Å². The Morgan fingerprint density at radius 1 is 1.52 bits per heavy atom. The van der Waals surface area contributed by atoms with Gasteiger partial charge in [-0.15, -0.1) is 0 Å². The molecule has 0 aliphatic carbocycles. The third kappa shape index (κ3) is 3.91. The lowest BCUT2D eigenvalue weighted by atomic mass is 9.97. The fourth-order valence-electron chi connectivity index (χ4n) is 2.89. The summed E-state index contributed by atoms with van der Waals surface area (Å²) in [6, 6.07) is 3.08. The average Bonchev–Trinajstić information content (AvgIpc) is 2.90. The molecule has 3 rings (SSSR count). The number of methoxy groups -OCH3 is 1. The molecular weight excluding hydrogens is 401 g/mol. The monoisotopic (exact) mass is 419 g/mol. The largest absolute Gasteiger partial charge is 0.387 e. The van der Waals surface area contributed by atoms with Crippen LogP contribution >= 0.6 is 6.72 Å². The lowest BCUT2D eigenvalue weighted by Gasteiger charge is -2.39. The minimum absolute atomic E-state index is 0.0697. The number of hydrogen-bond acceptors (Lipinski definition) is 10. The number of nitriles is 1. The van der Waals surface area contributed by atoms with E-state index in [1.165, 1.54) is 13.3 Å². The molecule has 3 unspecified atom stereocenters. The second kappa shape index (κ2) is 7.90. The first-order chi connectivity index (χ1) is 12.8. The highest BCUT2D eigenvalue weighted by atomic mass is 32.5. The van der Waals surface area contributed by atoms with Crippen LogP contribution in [0.1, 0.15) is 12.6 Å². The number of ether oxygens (including phenoxy) is 2. The van der Waals surface area contributed by atoms with Gasteiger partial charge in [0.2, 0.25) is 0 Å². The fourth-order valence-corrected chi connectivity index (χ4v) is 4.72. The van der Waals surface area contributed by atoms with Crippen molar-refractivity contribution in [1.82, 2.24) is 9.55 Å². The third-order valence-electron chi connectivity index (χ3n) is 4.28. The van der Waals surface area contributed by atoms with Gasteiger partial charge in [-0.05, 0) is 11.8 Å². The van der Waals surface area contributed by atoms with Crippen molar-refractivity contribution in [3.05, 3.63) is 33.1 Å². The minimum atomic E-state index is -3.05. The summed E-state index contributed by atoms with van der Waals surface area (Å²) in [4.78, 5) is 25.5. The summed E-state index contributed by atoms with van der Waals surface area (Å²) in [5.74, 6) is 0. The maximum Gasteiger partial charge on any atom is 0.330 e. The minimum Gasteiger partial charge on any atom is -0.387 e. The number of aliphatic hydroxyl groups is 1. The highest BCUT2D eigenvalue weighted by Gasteiger charge is 2.59. The van der Waals surface area contributed by atoms with Crippen LogP contribution in [0.25, 0.3) is 0 Å². The van der Waals surface area contributed by atoms with Gasteiger partial charge in [0.25, 0.3) is 5.56 Å². The summed E-state index contributed by atoms with van der Waals surface area (Å²) in [7, 11) is 1.36. The standard InChI is InChI=1S/C14H18N3O8PS/c1-21-10-11(19)14(7-23-26(27,24-8-14)22-6-2-4-15)25-12(10)17-5-3-9(18)16-13(17)20/h3,5,10-12,19H,2,6-8H2,1H3,(H,16,18,20). The second-order valence-corrected chi connectivity index (χ2v) is 8.98. The summed E-state index contributed by atoms with van der Waals surface area (Å²) < 4.78 is 28.7. The maximum absolute atomic E-state index is 12.1. The number of hydrogen-bond donors (Lipinski definition) is 2. The van der Waals surface area contributed by atoms with Crippen molar-refractivity contribution in [2.75, 3.05) is 26.9 Å². The summed E-state index contributed by atoms with van der Waals surface area (Å²) in [5, 5.41) is 19.3. The number of H-pyrrole nitrogens is 1. The quantitative estimate of drug-likeness (QED) is 0.468. The van der Waals surface area contributed by atoms with Gasteiger partial charge in [-0.1, -0.05) is 0 Å². The van der Waals surface area contributed by atoms with Crippen LogP contribution in [0.2, 0.25) is 0 Å². The Balaban J connectivity index is 1.80. The Hall–Kier alpha value is -1.42. The van der Waals surface area contributed by atoms with E-state index in [0.29, 0.717) is 0 Å². The van der Waals surface area contributed by atoms with Crippen molar-refractivity contribution in [2.45, 2.75) is 30.5 Å². The number of aliphatic hydroxyl groups excluding tert-OH is 1. The third-order valence-corrected chi connectivity index (χ3v) is 6.62. The Bertz CT molecular complexity index is 883. The Morgan fingerprint density at radius 2 is 2.22 bits per heavy atom. The van der Waals surface area contributed by atoms with Crippen molar-refractivity contribution in [2.24, 2.45) is 0 Å². The van der Waals surface area contributed by atoms with Gasteiger partial charge in [0.05, 0.1) is 32.3 Å². The van der Waals surface area contributed by atoms with Gasteiger partial charge in [-0.3, -0.25) is 14.3 Å². The fraction of sp³-hybridized carbons (Fsp3) is 0.643. The second-order valence-electron chi connectivity index (χ2n) is 5.97. The number of rotatable bonds is 5. The molecule has 0 aromatic carbocycles. The molecule has 27 heavy (non-hydrogen) atoms. The van der Waals surface area contributed by atoms with E-state index < -0.39 is 42.0 Å². The number of nitrogens with zero attached hydrogens (tertiary/aromatic N) is 2. The molecule has 2 saturated heterocycles.